The molecule has 1 aliphatic heterocycles. The summed E-state index contributed by atoms with van der Waals surface area (Å²) in [6, 6.07) is 7.34. The van der Waals surface area contributed by atoms with Gasteiger partial charge in [-0.2, -0.15) is 0 Å². The van der Waals surface area contributed by atoms with E-state index < -0.39 is 5.40 Å². The summed E-state index contributed by atoms with van der Waals surface area (Å²) < 4.78 is 5.46. The van der Waals surface area contributed by atoms with Gasteiger partial charge in [0.25, 0.3) is 5.56 Å². The number of hydrogen-bond donors (Lipinski definition) is 1. The number of ether oxygens (including phenoxy) is 1. The molecule has 0 fully saturated rings. The first-order chi connectivity index (χ1) is 8.07. The summed E-state index contributed by atoms with van der Waals surface area (Å²) in [5, 5.41) is -0.587. The third kappa shape index (κ3) is 1.58. The third-order valence-corrected chi connectivity index (χ3v) is 2.70. The molecule has 0 amide bonds. The van der Waals surface area contributed by atoms with E-state index in [2.05, 4.69) is 4.98 Å². The molecule has 3 rings (SSSR count). The maximum Gasteiger partial charge on any atom is 0.259 e. The number of benzene rings is 1. The van der Waals surface area contributed by atoms with Crippen molar-refractivity contribution in [1.82, 2.24) is 4.98 Å². The van der Waals surface area contributed by atoms with E-state index in [0.29, 0.717) is 16.8 Å². The molecule has 0 bridgehead atoms. The van der Waals surface area contributed by atoms with Crippen LogP contribution in [0.3, 0.4) is 0 Å². The molecular formula is C12H7B2NO2. The number of nitrogens with one attached hydrogen (secondary N) is 1. The number of hydrogen-bond acceptors (Lipinski definition) is 2. The lowest BCUT2D eigenvalue weighted by Gasteiger charge is -2.29. The molecule has 5 heteroatoms. The molecule has 17 heavy (non-hydrogen) atoms. The second-order valence-corrected chi connectivity index (χ2v) is 4.03. The van der Waals surface area contributed by atoms with Gasteiger partial charge in [0.15, 0.2) is 0 Å². The van der Waals surface area contributed by atoms with Crippen molar-refractivity contribution < 1.29 is 4.74 Å². The Morgan fingerprint density at radius 2 is 2.00 bits per heavy atom. The van der Waals surface area contributed by atoms with Crippen LogP contribution in [-0.2, 0) is 0 Å². The average Bonchev–Trinajstić information content (AvgIpc) is 2.28. The highest BCUT2D eigenvalue weighted by atomic mass is 16.5. The fourth-order valence-electron chi connectivity index (χ4n) is 1.91. The number of aromatic nitrogens is 1. The molecule has 1 aliphatic rings. The van der Waals surface area contributed by atoms with Gasteiger partial charge in [-0.15, -0.1) is 0 Å². The van der Waals surface area contributed by atoms with Gasteiger partial charge < -0.3 is 9.72 Å². The van der Waals surface area contributed by atoms with Gasteiger partial charge in [-0.05, 0) is 18.2 Å². The molecule has 0 atom stereocenters. The number of pyridine rings is 1. The minimum atomic E-state index is -1.37. The Balaban J connectivity index is 2.41. The van der Waals surface area contributed by atoms with E-state index in [-0.39, 0.29) is 5.56 Å². The molecule has 0 saturated heterocycles. The molecule has 2 aromatic rings. The van der Waals surface area contributed by atoms with E-state index in [0.717, 1.165) is 5.39 Å². The molecule has 0 aliphatic carbocycles. The Labute approximate surface area is 100 Å². The van der Waals surface area contributed by atoms with E-state index in [9.17, 15) is 4.79 Å². The lowest BCUT2D eigenvalue weighted by atomic mass is 9.64. The van der Waals surface area contributed by atoms with Crippen LogP contribution < -0.4 is 10.3 Å². The fraction of sp³-hybridized carbons (Fsp3) is 0.0833. The van der Waals surface area contributed by atoms with Crippen LogP contribution in [0, 0.1) is 0 Å². The number of para-hydroxylation sites is 1. The van der Waals surface area contributed by atoms with Crippen LogP contribution in [0.1, 0.15) is 5.56 Å². The van der Waals surface area contributed by atoms with Crippen LogP contribution in [0.15, 0.2) is 35.1 Å². The largest absolute Gasteiger partial charge is 0.502 e. The fourth-order valence-corrected chi connectivity index (χ4v) is 1.91. The van der Waals surface area contributed by atoms with Crippen LogP contribution in [-0.4, -0.2) is 26.1 Å². The Morgan fingerprint density at radius 3 is 2.82 bits per heavy atom. The maximum atomic E-state index is 11.8. The second kappa shape index (κ2) is 3.29. The highest BCUT2D eigenvalue weighted by Crippen LogP contribution is 2.32. The molecule has 0 unspecified atom stereocenters. The zero-order valence-electron chi connectivity index (χ0n) is 8.94. The standard InChI is InChI=1S/C12H7B2NO2/c13-12(14)6-5-8-10(17-12)7-3-1-2-4-9(7)15-11(8)16/h1-6H,(H,15,16). The Morgan fingerprint density at radius 1 is 1.24 bits per heavy atom. The molecule has 1 aromatic carbocycles. The van der Waals surface area contributed by atoms with Gasteiger partial charge in [0.1, 0.15) is 21.4 Å². The zero-order chi connectivity index (χ0) is 12.0. The highest BCUT2D eigenvalue weighted by molar-refractivity contribution is 6.41. The normalized spacial score (nSPS) is 16.5. The molecule has 1 N–H and O–H groups in total. The van der Waals surface area contributed by atoms with E-state index in [1.54, 1.807) is 12.1 Å². The lowest BCUT2D eigenvalue weighted by Crippen LogP contribution is -2.37. The van der Waals surface area contributed by atoms with Gasteiger partial charge in [0, 0.05) is 10.8 Å². The zero-order valence-corrected chi connectivity index (χ0v) is 8.94. The topological polar surface area (TPSA) is 42.1 Å². The van der Waals surface area contributed by atoms with E-state index in [4.69, 9.17) is 20.4 Å². The summed E-state index contributed by atoms with van der Waals surface area (Å²) in [7, 11) is 11.4. The van der Waals surface area contributed by atoms with Crippen molar-refractivity contribution in [3.63, 3.8) is 0 Å². The third-order valence-electron chi connectivity index (χ3n) is 2.70. The Kier molecular flexibility index (Phi) is 1.99. The highest BCUT2D eigenvalue weighted by Gasteiger charge is 2.24. The summed E-state index contributed by atoms with van der Waals surface area (Å²) >= 11 is 0. The average molecular weight is 219 g/mol. The van der Waals surface area contributed by atoms with Gasteiger partial charge in [-0.25, -0.2) is 0 Å². The van der Waals surface area contributed by atoms with Crippen LogP contribution >= 0.6 is 0 Å². The number of aromatic amines is 1. The second-order valence-electron chi connectivity index (χ2n) is 4.03. The molecule has 78 valence electrons. The molecule has 4 radical (unpaired) electrons. The number of fused-ring (bicyclic) bond motifs is 3. The smallest absolute Gasteiger partial charge is 0.259 e. The van der Waals surface area contributed by atoms with E-state index >= 15 is 0 Å². The van der Waals surface area contributed by atoms with Gasteiger partial charge in [-0.3, -0.25) is 4.79 Å². The molecule has 0 spiro atoms. The van der Waals surface area contributed by atoms with Gasteiger partial charge in [0.05, 0.1) is 11.1 Å². The van der Waals surface area contributed by atoms with Gasteiger partial charge >= 0.3 is 0 Å². The molecule has 2 heterocycles. The van der Waals surface area contributed by atoms with Crippen LogP contribution in [0.5, 0.6) is 5.75 Å². The van der Waals surface area contributed by atoms with E-state index in [1.165, 1.54) is 6.08 Å². The molecule has 3 nitrogen and oxygen atoms in total. The van der Waals surface area contributed by atoms with Crippen molar-refractivity contribution in [1.29, 1.82) is 0 Å². The summed E-state index contributed by atoms with van der Waals surface area (Å²) in [5.41, 5.74) is 0.919. The van der Waals surface area contributed by atoms with Gasteiger partial charge in [-0.1, -0.05) is 18.2 Å². The first-order valence-corrected chi connectivity index (χ1v) is 5.18. The SMILES string of the molecule is [B]C1([B])C=Cc2c(c3ccccc3[nH]c2=O)O1. The summed E-state index contributed by atoms with van der Waals surface area (Å²) in [6.45, 7) is 0. The molecule has 1 aromatic heterocycles. The lowest BCUT2D eigenvalue weighted by molar-refractivity contribution is 0.287. The quantitative estimate of drug-likeness (QED) is 0.669. The summed E-state index contributed by atoms with van der Waals surface area (Å²) in [4.78, 5) is 14.6. The van der Waals surface area contributed by atoms with Crippen molar-refractivity contribution in [2.75, 3.05) is 0 Å². The van der Waals surface area contributed by atoms with Crippen LogP contribution in [0.2, 0.25) is 0 Å². The molecule has 0 saturated carbocycles. The minimum absolute atomic E-state index is 0.217. The van der Waals surface area contributed by atoms with Crippen molar-refractivity contribution in [3.05, 3.63) is 46.3 Å². The van der Waals surface area contributed by atoms with Crippen molar-refractivity contribution in [2.45, 2.75) is 5.40 Å². The van der Waals surface area contributed by atoms with Crippen LogP contribution in [0.25, 0.3) is 17.0 Å². The number of rotatable bonds is 0. The first-order valence-electron chi connectivity index (χ1n) is 5.18. The minimum Gasteiger partial charge on any atom is -0.502 e. The monoisotopic (exact) mass is 219 g/mol. The Hall–Kier alpha value is -1.90. The maximum absolute atomic E-state index is 11.8. The van der Waals surface area contributed by atoms with E-state index in [1.807, 2.05) is 18.2 Å². The summed E-state index contributed by atoms with van der Waals surface area (Å²) in [5.74, 6) is 0.428. The predicted octanol–water partition coefficient (Wildman–Crippen LogP) is 0.924. The van der Waals surface area contributed by atoms with Crippen LogP contribution in [0.4, 0.5) is 0 Å². The first kappa shape index (κ1) is 10.3. The molecular weight excluding hydrogens is 212 g/mol. The Bertz CT molecular complexity index is 688. The van der Waals surface area contributed by atoms with Crippen molar-refractivity contribution >= 4 is 32.7 Å². The van der Waals surface area contributed by atoms with Crippen molar-refractivity contribution in [2.24, 2.45) is 0 Å². The van der Waals surface area contributed by atoms with Crippen molar-refractivity contribution in [3.8, 4) is 5.75 Å². The van der Waals surface area contributed by atoms with Gasteiger partial charge in [0.2, 0.25) is 0 Å². The summed E-state index contributed by atoms with van der Waals surface area (Å²) in [6.07, 6.45) is 3.05. The predicted molar refractivity (Wildman–Crippen MR) is 68.5 cm³/mol. The number of H-pyrrole nitrogens is 1.